The summed E-state index contributed by atoms with van der Waals surface area (Å²) >= 11 is 3.54. The van der Waals surface area contributed by atoms with E-state index in [0.717, 1.165) is 42.4 Å². The van der Waals surface area contributed by atoms with E-state index in [0.29, 0.717) is 5.33 Å². The third kappa shape index (κ3) is 2.20. The van der Waals surface area contributed by atoms with Crippen LogP contribution in [-0.4, -0.2) is 16.8 Å². The zero-order valence-corrected chi connectivity index (χ0v) is 12.8. The molecular weight excluding hydrogens is 321 g/mol. The van der Waals surface area contributed by atoms with Gasteiger partial charge in [-0.3, -0.25) is 4.79 Å². The smallest absolute Gasteiger partial charge is 0.252 e. The van der Waals surface area contributed by atoms with E-state index in [2.05, 4.69) is 21.2 Å². The zero-order valence-electron chi connectivity index (χ0n) is 11.2. The molecule has 1 spiro atoms. The first-order chi connectivity index (χ1) is 9.66. The monoisotopic (exact) mass is 337 g/mol. The molecule has 1 aliphatic carbocycles. The number of hydrogen-bond acceptors (Lipinski definition) is 1. The summed E-state index contributed by atoms with van der Waals surface area (Å²) in [6, 6.07) is 6.20. The molecule has 1 saturated carbocycles. The Morgan fingerprint density at radius 3 is 2.40 bits per heavy atom. The Morgan fingerprint density at radius 1 is 1.15 bits per heavy atom. The highest BCUT2D eigenvalue weighted by atomic mass is 79.9. The number of halogens is 2. The van der Waals surface area contributed by atoms with Gasteiger partial charge in [0.1, 0.15) is 5.82 Å². The van der Waals surface area contributed by atoms with Crippen LogP contribution < -0.4 is 5.32 Å². The molecule has 1 aromatic rings. The van der Waals surface area contributed by atoms with Crippen molar-refractivity contribution in [3.63, 3.8) is 0 Å². The van der Waals surface area contributed by atoms with Crippen LogP contribution in [-0.2, 0) is 4.79 Å². The van der Waals surface area contributed by atoms with Gasteiger partial charge in [0.2, 0.25) is 0 Å². The van der Waals surface area contributed by atoms with Gasteiger partial charge in [-0.2, -0.15) is 0 Å². The van der Waals surface area contributed by atoms with Crippen LogP contribution in [0.15, 0.2) is 29.8 Å². The zero-order chi connectivity index (χ0) is 14.2. The lowest BCUT2D eigenvalue weighted by molar-refractivity contribution is -0.116. The third-order valence-corrected chi connectivity index (χ3v) is 4.99. The predicted molar refractivity (Wildman–Crippen MR) is 81.1 cm³/mol. The van der Waals surface area contributed by atoms with Gasteiger partial charge in [0.05, 0.1) is 5.54 Å². The molecule has 1 heterocycles. The number of rotatable bonds is 2. The normalized spacial score (nSPS) is 21.4. The maximum Gasteiger partial charge on any atom is 0.252 e. The van der Waals surface area contributed by atoms with E-state index in [9.17, 15) is 9.18 Å². The summed E-state index contributed by atoms with van der Waals surface area (Å²) in [5, 5.41) is 3.88. The van der Waals surface area contributed by atoms with Crippen molar-refractivity contribution in [3.8, 4) is 0 Å². The molecule has 20 heavy (non-hydrogen) atoms. The van der Waals surface area contributed by atoms with E-state index >= 15 is 0 Å². The molecule has 0 saturated heterocycles. The van der Waals surface area contributed by atoms with E-state index in [1.54, 1.807) is 12.1 Å². The maximum absolute atomic E-state index is 13.1. The second-order valence-corrected chi connectivity index (χ2v) is 6.15. The second-order valence-electron chi connectivity index (χ2n) is 5.59. The highest BCUT2D eigenvalue weighted by Gasteiger charge is 2.44. The van der Waals surface area contributed by atoms with Gasteiger partial charge in [-0.25, -0.2) is 4.39 Å². The quantitative estimate of drug-likeness (QED) is 0.817. The number of alkyl halides is 1. The van der Waals surface area contributed by atoms with Crippen molar-refractivity contribution in [2.24, 2.45) is 0 Å². The Kier molecular flexibility index (Phi) is 3.67. The molecule has 0 radical (unpaired) electrons. The van der Waals surface area contributed by atoms with Crippen molar-refractivity contribution < 1.29 is 9.18 Å². The molecule has 3 rings (SSSR count). The number of carbonyl (C=O) groups excluding carboxylic acids is 1. The molecule has 0 bridgehead atoms. The van der Waals surface area contributed by atoms with Gasteiger partial charge in [0.25, 0.3) is 5.91 Å². The van der Waals surface area contributed by atoms with Crippen molar-refractivity contribution in [1.29, 1.82) is 0 Å². The number of amides is 1. The molecule has 106 valence electrons. The SMILES string of the molecule is O=C1NC2(CCCCC2)C(CBr)=C1c1ccc(F)cc1. The van der Waals surface area contributed by atoms with Crippen LogP contribution >= 0.6 is 15.9 Å². The van der Waals surface area contributed by atoms with Crippen molar-refractivity contribution >= 4 is 27.4 Å². The molecular formula is C16H17BrFNO. The average Bonchev–Trinajstić information content (AvgIpc) is 2.72. The van der Waals surface area contributed by atoms with E-state index in [1.165, 1.54) is 18.6 Å². The fourth-order valence-electron chi connectivity index (χ4n) is 3.43. The van der Waals surface area contributed by atoms with Gasteiger partial charge < -0.3 is 5.32 Å². The minimum Gasteiger partial charge on any atom is -0.343 e. The average molecular weight is 338 g/mol. The van der Waals surface area contributed by atoms with Crippen LogP contribution in [0.2, 0.25) is 0 Å². The van der Waals surface area contributed by atoms with Gasteiger partial charge in [-0.1, -0.05) is 47.3 Å². The molecule has 2 nitrogen and oxygen atoms in total. The second kappa shape index (κ2) is 5.32. The Labute approximate surface area is 126 Å². The van der Waals surface area contributed by atoms with Gasteiger partial charge in [0.15, 0.2) is 0 Å². The highest BCUT2D eigenvalue weighted by Crippen LogP contribution is 2.43. The molecule has 0 atom stereocenters. The molecule has 1 N–H and O–H groups in total. The standard InChI is InChI=1S/C16H17BrFNO/c17-10-13-14(11-4-6-12(18)7-5-11)15(20)19-16(13)8-2-1-3-9-16/h4-7H,1-3,8-10H2,(H,19,20). The summed E-state index contributed by atoms with van der Waals surface area (Å²) in [6.07, 6.45) is 5.54. The Balaban J connectivity index is 2.07. The van der Waals surface area contributed by atoms with Crippen molar-refractivity contribution in [2.75, 3.05) is 5.33 Å². The van der Waals surface area contributed by atoms with Crippen LogP contribution in [0.25, 0.3) is 5.57 Å². The summed E-state index contributed by atoms with van der Waals surface area (Å²) in [5.41, 5.74) is 2.49. The molecule has 1 fully saturated rings. The summed E-state index contributed by atoms with van der Waals surface area (Å²) in [4.78, 5) is 12.4. The summed E-state index contributed by atoms with van der Waals surface area (Å²) in [6.45, 7) is 0. The fourth-order valence-corrected chi connectivity index (χ4v) is 4.25. The van der Waals surface area contributed by atoms with Crippen molar-refractivity contribution in [1.82, 2.24) is 5.32 Å². The Morgan fingerprint density at radius 2 is 1.80 bits per heavy atom. The van der Waals surface area contributed by atoms with Gasteiger partial charge in [-0.15, -0.1) is 0 Å². The highest BCUT2D eigenvalue weighted by molar-refractivity contribution is 9.09. The largest absolute Gasteiger partial charge is 0.343 e. The molecule has 1 aromatic carbocycles. The van der Waals surface area contributed by atoms with Crippen LogP contribution in [0.4, 0.5) is 4.39 Å². The molecule has 4 heteroatoms. The first-order valence-electron chi connectivity index (χ1n) is 7.04. The Bertz CT molecular complexity index is 558. The molecule has 1 aliphatic heterocycles. The fraction of sp³-hybridized carbons (Fsp3) is 0.438. The maximum atomic E-state index is 13.1. The molecule has 0 aromatic heterocycles. The van der Waals surface area contributed by atoms with E-state index < -0.39 is 0 Å². The topological polar surface area (TPSA) is 29.1 Å². The first kappa shape index (κ1) is 13.8. The number of nitrogens with one attached hydrogen (secondary N) is 1. The summed E-state index contributed by atoms with van der Waals surface area (Å²) < 4.78 is 13.1. The van der Waals surface area contributed by atoms with Crippen LogP contribution in [0.1, 0.15) is 37.7 Å². The lowest BCUT2D eigenvalue weighted by Gasteiger charge is -2.35. The van der Waals surface area contributed by atoms with Crippen LogP contribution in [0, 0.1) is 5.82 Å². The van der Waals surface area contributed by atoms with E-state index in [1.807, 2.05) is 0 Å². The predicted octanol–water partition coefficient (Wildman–Crippen LogP) is 3.81. The number of carbonyl (C=O) groups is 1. The van der Waals surface area contributed by atoms with E-state index in [4.69, 9.17) is 0 Å². The summed E-state index contributed by atoms with van der Waals surface area (Å²) in [5.74, 6) is -0.298. The van der Waals surface area contributed by atoms with Crippen molar-refractivity contribution in [3.05, 3.63) is 41.2 Å². The third-order valence-electron chi connectivity index (χ3n) is 4.43. The lowest BCUT2D eigenvalue weighted by atomic mass is 9.77. The van der Waals surface area contributed by atoms with Crippen LogP contribution in [0.3, 0.4) is 0 Å². The number of benzene rings is 1. The summed E-state index contributed by atoms with van der Waals surface area (Å²) in [7, 11) is 0. The van der Waals surface area contributed by atoms with Crippen molar-refractivity contribution in [2.45, 2.75) is 37.6 Å². The van der Waals surface area contributed by atoms with Gasteiger partial charge in [0, 0.05) is 10.9 Å². The number of hydrogen-bond donors (Lipinski definition) is 1. The molecule has 2 aliphatic rings. The minimum absolute atomic E-state index is 0.0204. The lowest BCUT2D eigenvalue weighted by Crippen LogP contribution is -2.46. The molecule has 1 amide bonds. The van der Waals surface area contributed by atoms with Gasteiger partial charge >= 0.3 is 0 Å². The van der Waals surface area contributed by atoms with Crippen LogP contribution in [0.5, 0.6) is 0 Å². The van der Waals surface area contributed by atoms with Gasteiger partial charge in [-0.05, 0) is 36.1 Å². The molecule has 0 unspecified atom stereocenters. The minimum atomic E-state index is -0.277. The Hall–Kier alpha value is -1.16. The van der Waals surface area contributed by atoms with E-state index in [-0.39, 0.29) is 17.3 Å². The first-order valence-corrected chi connectivity index (χ1v) is 8.16.